The molecular weight excluding hydrogens is 302 g/mol. The molecule has 0 fully saturated rings. The Labute approximate surface area is 139 Å². The standard InChI is InChI=1S/C19H19N3O2/c1-4-22-16-8-6-5-7-15(16)18(23)17(21-22)19(24)20-14-10-9-12(2)13(3)11-14/h5-11H,4H2,1-3H3,(H,20,24). The summed E-state index contributed by atoms with van der Waals surface area (Å²) in [5.41, 5.74) is 3.16. The van der Waals surface area contributed by atoms with Gasteiger partial charge in [-0.15, -0.1) is 0 Å². The van der Waals surface area contributed by atoms with Gasteiger partial charge in [0.15, 0.2) is 5.69 Å². The van der Waals surface area contributed by atoms with E-state index >= 15 is 0 Å². The fourth-order valence-corrected chi connectivity index (χ4v) is 2.64. The molecule has 24 heavy (non-hydrogen) atoms. The molecule has 1 aromatic heterocycles. The average molecular weight is 321 g/mol. The van der Waals surface area contributed by atoms with E-state index in [2.05, 4.69) is 10.4 Å². The van der Waals surface area contributed by atoms with E-state index in [0.29, 0.717) is 17.6 Å². The molecule has 1 heterocycles. The minimum atomic E-state index is -0.490. The lowest BCUT2D eigenvalue weighted by Crippen LogP contribution is -2.27. The molecule has 0 aliphatic rings. The lowest BCUT2D eigenvalue weighted by Gasteiger charge is -2.11. The Balaban J connectivity index is 2.05. The predicted molar refractivity (Wildman–Crippen MR) is 95.5 cm³/mol. The van der Waals surface area contributed by atoms with Crippen LogP contribution in [0.25, 0.3) is 10.9 Å². The van der Waals surface area contributed by atoms with Gasteiger partial charge in [0.05, 0.1) is 5.52 Å². The number of carbonyl (C=O) groups excluding carboxylic acids is 1. The monoisotopic (exact) mass is 321 g/mol. The van der Waals surface area contributed by atoms with Crippen molar-refractivity contribution in [3.8, 4) is 0 Å². The number of benzene rings is 2. The van der Waals surface area contributed by atoms with Crippen molar-refractivity contribution in [2.75, 3.05) is 5.32 Å². The van der Waals surface area contributed by atoms with Crippen LogP contribution in [0.2, 0.25) is 0 Å². The lowest BCUT2D eigenvalue weighted by atomic mass is 10.1. The van der Waals surface area contributed by atoms with E-state index in [-0.39, 0.29) is 11.1 Å². The van der Waals surface area contributed by atoms with Crippen molar-refractivity contribution < 1.29 is 4.79 Å². The summed E-state index contributed by atoms with van der Waals surface area (Å²) < 4.78 is 1.67. The Kier molecular flexibility index (Phi) is 4.16. The summed E-state index contributed by atoms with van der Waals surface area (Å²) in [6.45, 7) is 6.48. The lowest BCUT2D eigenvalue weighted by molar-refractivity contribution is 0.101. The molecule has 0 atom stereocenters. The summed E-state index contributed by atoms with van der Waals surface area (Å²) >= 11 is 0. The van der Waals surface area contributed by atoms with Crippen molar-refractivity contribution >= 4 is 22.5 Å². The van der Waals surface area contributed by atoms with Gasteiger partial charge in [-0.05, 0) is 56.2 Å². The van der Waals surface area contributed by atoms with Crippen LogP contribution in [0.4, 0.5) is 5.69 Å². The molecule has 0 radical (unpaired) electrons. The highest BCUT2D eigenvalue weighted by Crippen LogP contribution is 2.15. The second kappa shape index (κ2) is 6.28. The van der Waals surface area contributed by atoms with Crippen molar-refractivity contribution in [1.29, 1.82) is 0 Å². The van der Waals surface area contributed by atoms with E-state index in [9.17, 15) is 9.59 Å². The molecule has 3 rings (SSSR count). The van der Waals surface area contributed by atoms with E-state index in [1.807, 2.05) is 51.1 Å². The molecule has 2 aromatic carbocycles. The second-order valence-corrected chi connectivity index (χ2v) is 5.76. The molecule has 5 nitrogen and oxygen atoms in total. The molecule has 0 bridgehead atoms. The zero-order valence-electron chi connectivity index (χ0n) is 14.0. The Morgan fingerprint density at radius 1 is 1.12 bits per heavy atom. The third-order valence-electron chi connectivity index (χ3n) is 4.14. The molecule has 0 spiro atoms. The summed E-state index contributed by atoms with van der Waals surface area (Å²) in [7, 11) is 0. The van der Waals surface area contributed by atoms with Crippen LogP contribution in [0.3, 0.4) is 0 Å². The fourth-order valence-electron chi connectivity index (χ4n) is 2.64. The minimum Gasteiger partial charge on any atom is -0.320 e. The molecule has 1 N–H and O–H groups in total. The summed E-state index contributed by atoms with van der Waals surface area (Å²) in [5, 5.41) is 7.52. The third-order valence-corrected chi connectivity index (χ3v) is 4.14. The molecule has 0 aliphatic heterocycles. The first-order chi connectivity index (χ1) is 11.5. The first-order valence-electron chi connectivity index (χ1n) is 7.89. The van der Waals surface area contributed by atoms with Crippen LogP contribution >= 0.6 is 0 Å². The molecule has 0 unspecified atom stereocenters. The maximum Gasteiger partial charge on any atom is 0.280 e. The number of para-hydroxylation sites is 1. The smallest absolute Gasteiger partial charge is 0.280 e. The Bertz CT molecular complexity index is 990. The second-order valence-electron chi connectivity index (χ2n) is 5.76. The van der Waals surface area contributed by atoms with E-state index in [0.717, 1.165) is 16.6 Å². The number of fused-ring (bicyclic) bond motifs is 1. The number of nitrogens with zero attached hydrogens (tertiary/aromatic N) is 2. The van der Waals surface area contributed by atoms with Gasteiger partial charge in [0.25, 0.3) is 5.91 Å². The molecule has 0 saturated heterocycles. The number of rotatable bonds is 3. The third kappa shape index (κ3) is 2.80. The van der Waals surface area contributed by atoms with E-state index in [4.69, 9.17) is 0 Å². The number of nitrogens with one attached hydrogen (secondary N) is 1. The largest absolute Gasteiger partial charge is 0.320 e. The predicted octanol–water partition coefficient (Wildman–Crippen LogP) is 3.29. The van der Waals surface area contributed by atoms with Gasteiger partial charge in [-0.1, -0.05) is 18.2 Å². The number of hydrogen-bond donors (Lipinski definition) is 1. The highest BCUT2D eigenvalue weighted by atomic mass is 16.2. The topological polar surface area (TPSA) is 64.0 Å². The number of aromatic nitrogens is 2. The van der Waals surface area contributed by atoms with Gasteiger partial charge in [-0.25, -0.2) is 0 Å². The summed E-state index contributed by atoms with van der Waals surface area (Å²) in [4.78, 5) is 25.2. The van der Waals surface area contributed by atoms with Crippen molar-refractivity contribution in [2.24, 2.45) is 0 Å². The summed E-state index contributed by atoms with van der Waals surface area (Å²) in [5.74, 6) is -0.490. The van der Waals surface area contributed by atoms with Gasteiger partial charge >= 0.3 is 0 Å². The minimum absolute atomic E-state index is 0.0891. The van der Waals surface area contributed by atoms with Crippen molar-refractivity contribution in [3.05, 3.63) is 69.5 Å². The Hall–Kier alpha value is -2.95. The van der Waals surface area contributed by atoms with E-state index < -0.39 is 5.91 Å². The molecule has 1 amide bonds. The number of amides is 1. The summed E-state index contributed by atoms with van der Waals surface area (Å²) in [6.07, 6.45) is 0. The summed E-state index contributed by atoms with van der Waals surface area (Å²) in [6, 6.07) is 12.8. The molecular formula is C19H19N3O2. The number of anilines is 1. The number of hydrogen-bond acceptors (Lipinski definition) is 3. The highest BCUT2D eigenvalue weighted by Gasteiger charge is 2.17. The maximum atomic E-state index is 12.6. The molecule has 122 valence electrons. The van der Waals surface area contributed by atoms with Crippen LogP contribution < -0.4 is 10.7 Å². The number of carbonyl (C=O) groups is 1. The highest BCUT2D eigenvalue weighted by molar-refractivity contribution is 6.04. The molecule has 0 aliphatic carbocycles. The molecule has 3 aromatic rings. The van der Waals surface area contributed by atoms with Gasteiger partial charge in [0, 0.05) is 17.6 Å². The average Bonchev–Trinajstić information content (AvgIpc) is 2.58. The Morgan fingerprint density at radius 3 is 2.58 bits per heavy atom. The van der Waals surface area contributed by atoms with Crippen LogP contribution in [0.1, 0.15) is 28.5 Å². The van der Waals surface area contributed by atoms with Gasteiger partial charge in [0.1, 0.15) is 0 Å². The molecule has 0 saturated carbocycles. The first kappa shape index (κ1) is 15.9. The van der Waals surface area contributed by atoms with Gasteiger partial charge < -0.3 is 5.32 Å². The zero-order valence-corrected chi connectivity index (χ0v) is 14.0. The van der Waals surface area contributed by atoms with Crippen LogP contribution in [0, 0.1) is 13.8 Å². The SMILES string of the molecule is CCn1nc(C(=O)Nc2ccc(C)c(C)c2)c(=O)c2ccccc21. The van der Waals surface area contributed by atoms with Crippen LogP contribution in [0.15, 0.2) is 47.3 Å². The van der Waals surface area contributed by atoms with Crippen molar-refractivity contribution in [2.45, 2.75) is 27.3 Å². The van der Waals surface area contributed by atoms with Crippen LogP contribution in [-0.2, 0) is 6.54 Å². The quantitative estimate of drug-likeness (QED) is 0.805. The molecule has 5 heteroatoms. The first-order valence-corrected chi connectivity index (χ1v) is 7.89. The van der Waals surface area contributed by atoms with E-state index in [1.54, 1.807) is 16.8 Å². The van der Waals surface area contributed by atoms with Gasteiger partial charge in [-0.2, -0.15) is 5.10 Å². The van der Waals surface area contributed by atoms with Crippen molar-refractivity contribution in [1.82, 2.24) is 9.78 Å². The zero-order chi connectivity index (χ0) is 17.3. The van der Waals surface area contributed by atoms with Crippen molar-refractivity contribution in [3.63, 3.8) is 0 Å². The number of aryl methyl sites for hydroxylation is 3. The maximum absolute atomic E-state index is 12.6. The fraction of sp³-hybridized carbons (Fsp3) is 0.211. The van der Waals surface area contributed by atoms with Gasteiger partial charge in [0.2, 0.25) is 5.43 Å². The van der Waals surface area contributed by atoms with Crippen LogP contribution in [0.5, 0.6) is 0 Å². The van der Waals surface area contributed by atoms with Crippen LogP contribution in [-0.4, -0.2) is 15.7 Å². The normalized spacial score (nSPS) is 10.8. The Morgan fingerprint density at radius 2 is 1.88 bits per heavy atom. The van der Waals surface area contributed by atoms with E-state index in [1.165, 1.54) is 0 Å². The van der Waals surface area contributed by atoms with Gasteiger partial charge in [-0.3, -0.25) is 14.3 Å².